The quantitative estimate of drug-likeness (QED) is 0.808. The van der Waals surface area contributed by atoms with Crippen LogP contribution < -0.4 is 10.5 Å². The molecule has 0 saturated heterocycles. The van der Waals surface area contributed by atoms with Gasteiger partial charge in [-0.3, -0.25) is 0 Å². The summed E-state index contributed by atoms with van der Waals surface area (Å²) in [6, 6.07) is 0.875. The van der Waals surface area contributed by atoms with Crippen molar-refractivity contribution in [1.29, 1.82) is 0 Å². The fraction of sp³-hybridized carbons (Fsp3) is 0.400. The summed E-state index contributed by atoms with van der Waals surface area (Å²) >= 11 is 0. The van der Waals surface area contributed by atoms with E-state index in [-0.39, 0.29) is 18.7 Å². The molecule has 1 heterocycles. The van der Waals surface area contributed by atoms with Gasteiger partial charge in [-0.1, -0.05) is 0 Å². The maximum atomic E-state index is 12.2. The lowest BCUT2D eigenvalue weighted by atomic mass is 10.2. The van der Waals surface area contributed by atoms with E-state index in [0.717, 1.165) is 6.07 Å². The Kier molecular flexibility index (Phi) is 4.54. The van der Waals surface area contributed by atoms with Gasteiger partial charge in [0.25, 0.3) is 0 Å². The van der Waals surface area contributed by atoms with Crippen LogP contribution >= 0.6 is 0 Å². The molecule has 106 valence electrons. The van der Waals surface area contributed by atoms with E-state index in [9.17, 15) is 23.1 Å². The van der Waals surface area contributed by atoms with Gasteiger partial charge in [0.05, 0.1) is 6.61 Å². The monoisotopic (exact) mass is 280 g/mol. The van der Waals surface area contributed by atoms with Crippen LogP contribution in [0.3, 0.4) is 0 Å². The van der Waals surface area contributed by atoms with E-state index in [0.29, 0.717) is 0 Å². The molecule has 0 aliphatic heterocycles. The molecule has 0 aliphatic rings. The number of carbonyl (C=O) groups excluding carboxylic acids is 1. The lowest BCUT2D eigenvalue weighted by molar-refractivity contribution is -0.276. The second-order valence-corrected chi connectivity index (χ2v) is 3.29. The number of hydrogen-bond acceptors (Lipinski definition) is 6. The lowest BCUT2D eigenvalue weighted by Crippen LogP contribution is -2.21. The van der Waals surface area contributed by atoms with Crippen molar-refractivity contribution in [3.8, 4) is 11.6 Å². The van der Waals surface area contributed by atoms with Crippen LogP contribution in [0, 0.1) is 0 Å². The van der Waals surface area contributed by atoms with Gasteiger partial charge < -0.3 is 20.3 Å². The molecule has 0 radical (unpaired) electrons. The van der Waals surface area contributed by atoms with Crippen molar-refractivity contribution in [2.24, 2.45) is 5.73 Å². The zero-order valence-corrected chi connectivity index (χ0v) is 9.82. The number of aromatic hydroxyl groups is 1. The highest BCUT2D eigenvalue weighted by atomic mass is 19.4. The summed E-state index contributed by atoms with van der Waals surface area (Å²) in [6.45, 7) is 1.12. The molecule has 1 rings (SSSR count). The first kappa shape index (κ1) is 15.0. The molecule has 9 heteroatoms. The molecule has 0 amide bonds. The molecule has 19 heavy (non-hydrogen) atoms. The number of halogens is 3. The molecule has 0 atom stereocenters. The number of hydrogen-bond donors (Lipinski definition) is 2. The number of esters is 1. The SMILES string of the molecule is CCOC(=O)c1nc(OC(F)(F)F)c(CN)cc1O. The zero-order chi connectivity index (χ0) is 14.6. The van der Waals surface area contributed by atoms with Crippen LogP contribution in [0.1, 0.15) is 23.0 Å². The molecule has 1 aromatic heterocycles. The van der Waals surface area contributed by atoms with Gasteiger partial charge in [0.15, 0.2) is 5.69 Å². The summed E-state index contributed by atoms with van der Waals surface area (Å²) in [7, 11) is 0. The van der Waals surface area contributed by atoms with Gasteiger partial charge in [0.1, 0.15) is 5.75 Å². The summed E-state index contributed by atoms with van der Waals surface area (Å²) in [5.74, 6) is -2.58. The highest BCUT2D eigenvalue weighted by molar-refractivity contribution is 5.90. The highest BCUT2D eigenvalue weighted by Gasteiger charge is 2.33. The third-order valence-corrected chi connectivity index (χ3v) is 1.94. The van der Waals surface area contributed by atoms with E-state index in [4.69, 9.17) is 5.73 Å². The summed E-state index contributed by atoms with van der Waals surface area (Å²) in [4.78, 5) is 14.7. The lowest BCUT2D eigenvalue weighted by Gasteiger charge is -2.13. The molecule has 6 nitrogen and oxygen atoms in total. The van der Waals surface area contributed by atoms with Crippen molar-refractivity contribution in [1.82, 2.24) is 4.98 Å². The molecular weight excluding hydrogens is 269 g/mol. The van der Waals surface area contributed by atoms with Gasteiger partial charge in [-0.25, -0.2) is 9.78 Å². The summed E-state index contributed by atoms with van der Waals surface area (Å²) < 4.78 is 44.6. The normalized spacial score (nSPS) is 11.2. The van der Waals surface area contributed by atoms with Crippen LogP contribution in [-0.4, -0.2) is 29.0 Å². The Balaban J connectivity index is 3.21. The minimum atomic E-state index is -4.99. The van der Waals surface area contributed by atoms with Crippen molar-refractivity contribution in [2.75, 3.05) is 6.61 Å². The average molecular weight is 280 g/mol. The van der Waals surface area contributed by atoms with Crippen LogP contribution in [0.15, 0.2) is 6.07 Å². The maximum absolute atomic E-state index is 12.2. The standard InChI is InChI=1S/C10H11F3N2O4/c1-2-18-9(17)7-6(16)3-5(4-14)8(15-7)19-10(11,12)13/h3,16H,2,4,14H2,1H3. The smallest absolute Gasteiger partial charge is 0.505 e. The first-order valence-corrected chi connectivity index (χ1v) is 5.14. The van der Waals surface area contributed by atoms with Crippen LogP contribution in [-0.2, 0) is 11.3 Å². The summed E-state index contributed by atoms with van der Waals surface area (Å²) in [5, 5.41) is 9.49. The molecular formula is C10H11F3N2O4. The molecule has 1 aromatic rings. The topological polar surface area (TPSA) is 94.7 Å². The third kappa shape index (κ3) is 3.98. The Morgan fingerprint density at radius 1 is 1.53 bits per heavy atom. The predicted octanol–water partition coefficient (Wildman–Crippen LogP) is 1.32. The second kappa shape index (κ2) is 5.74. The minimum Gasteiger partial charge on any atom is -0.505 e. The van der Waals surface area contributed by atoms with Gasteiger partial charge in [0.2, 0.25) is 5.88 Å². The number of carbonyl (C=O) groups is 1. The van der Waals surface area contributed by atoms with Crippen LogP contribution in [0.25, 0.3) is 0 Å². The van der Waals surface area contributed by atoms with Crippen molar-refractivity contribution < 1.29 is 32.5 Å². The van der Waals surface area contributed by atoms with E-state index in [1.807, 2.05) is 0 Å². The van der Waals surface area contributed by atoms with E-state index < -0.39 is 29.7 Å². The molecule has 0 saturated carbocycles. The van der Waals surface area contributed by atoms with E-state index in [2.05, 4.69) is 14.5 Å². The second-order valence-electron chi connectivity index (χ2n) is 3.29. The molecule has 0 fully saturated rings. The third-order valence-electron chi connectivity index (χ3n) is 1.94. The van der Waals surface area contributed by atoms with Crippen molar-refractivity contribution >= 4 is 5.97 Å². The Hall–Kier alpha value is -2.03. The van der Waals surface area contributed by atoms with Gasteiger partial charge in [-0.2, -0.15) is 0 Å². The van der Waals surface area contributed by atoms with Gasteiger partial charge in [0, 0.05) is 12.1 Å². The van der Waals surface area contributed by atoms with Crippen LogP contribution in [0.2, 0.25) is 0 Å². The number of alkyl halides is 3. The molecule has 0 spiro atoms. The number of pyridine rings is 1. The first-order valence-electron chi connectivity index (χ1n) is 5.14. The molecule has 0 aromatic carbocycles. The Bertz CT molecular complexity index is 477. The number of ether oxygens (including phenoxy) is 2. The van der Waals surface area contributed by atoms with E-state index in [1.165, 1.54) is 6.92 Å². The van der Waals surface area contributed by atoms with Crippen molar-refractivity contribution in [2.45, 2.75) is 19.8 Å². The summed E-state index contributed by atoms with van der Waals surface area (Å²) in [6.07, 6.45) is -4.99. The fourth-order valence-electron chi connectivity index (χ4n) is 1.22. The van der Waals surface area contributed by atoms with Crippen LogP contribution in [0.5, 0.6) is 11.6 Å². The number of aromatic nitrogens is 1. The maximum Gasteiger partial charge on any atom is 0.574 e. The Labute approximate surface area is 105 Å². The van der Waals surface area contributed by atoms with Crippen molar-refractivity contribution in [3.63, 3.8) is 0 Å². The van der Waals surface area contributed by atoms with Crippen molar-refractivity contribution in [3.05, 3.63) is 17.3 Å². The predicted molar refractivity (Wildman–Crippen MR) is 56.4 cm³/mol. The summed E-state index contributed by atoms with van der Waals surface area (Å²) in [5.41, 5.74) is 4.35. The number of nitrogens with zero attached hydrogens (tertiary/aromatic N) is 1. The highest BCUT2D eigenvalue weighted by Crippen LogP contribution is 2.29. The minimum absolute atomic E-state index is 0.0198. The Morgan fingerprint density at radius 3 is 2.63 bits per heavy atom. The molecule has 0 unspecified atom stereocenters. The largest absolute Gasteiger partial charge is 0.574 e. The zero-order valence-electron chi connectivity index (χ0n) is 9.82. The molecule has 0 bridgehead atoms. The Morgan fingerprint density at radius 2 is 2.16 bits per heavy atom. The van der Waals surface area contributed by atoms with E-state index >= 15 is 0 Å². The van der Waals surface area contributed by atoms with Crippen LogP contribution in [0.4, 0.5) is 13.2 Å². The van der Waals surface area contributed by atoms with E-state index in [1.54, 1.807) is 0 Å². The molecule has 0 aliphatic carbocycles. The average Bonchev–Trinajstić information content (AvgIpc) is 2.29. The fourth-order valence-corrected chi connectivity index (χ4v) is 1.22. The van der Waals surface area contributed by atoms with Gasteiger partial charge in [-0.15, -0.1) is 13.2 Å². The first-order chi connectivity index (χ1) is 8.78. The van der Waals surface area contributed by atoms with Gasteiger partial charge in [-0.05, 0) is 13.0 Å². The number of rotatable bonds is 4. The molecule has 3 N–H and O–H groups in total. The number of nitrogens with two attached hydrogens (primary N) is 1. The van der Waals surface area contributed by atoms with Gasteiger partial charge >= 0.3 is 12.3 Å².